The first kappa shape index (κ1) is 11.5. The van der Waals surface area contributed by atoms with E-state index in [-0.39, 0.29) is 11.2 Å². The van der Waals surface area contributed by atoms with Crippen molar-refractivity contribution in [3.05, 3.63) is 24.0 Å². The highest BCUT2D eigenvalue weighted by molar-refractivity contribution is 5.90. The molecule has 0 aliphatic heterocycles. The molecule has 0 aliphatic carbocycles. The van der Waals surface area contributed by atoms with E-state index in [1.165, 1.54) is 12.4 Å². The number of pyridine rings is 1. The van der Waals surface area contributed by atoms with Gasteiger partial charge in [-0.05, 0) is 26.3 Å². The third kappa shape index (κ3) is 2.94. The highest BCUT2D eigenvalue weighted by Crippen LogP contribution is 2.23. The van der Waals surface area contributed by atoms with Crippen LogP contribution in [0.1, 0.15) is 37.6 Å². The lowest BCUT2D eigenvalue weighted by Gasteiger charge is -2.25. The van der Waals surface area contributed by atoms with Crippen molar-refractivity contribution in [2.45, 2.75) is 32.8 Å². The molecule has 0 unspecified atom stereocenters. The number of ether oxygens (including phenoxy) is 1. The van der Waals surface area contributed by atoms with Gasteiger partial charge in [0, 0.05) is 12.4 Å². The van der Waals surface area contributed by atoms with Gasteiger partial charge in [0.05, 0.1) is 0 Å². The summed E-state index contributed by atoms with van der Waals surface area (Å²) in [5.74, 6) is -0.658. The van der Waals surface area contributed by atoms with Gasteiger partial charge in [-0.1, -0.05) is 6.92 Å². The van der Waals surface area contributed by atoms with Crippen LogP contribution < -0.4 is 4.74 Å². The lowest BCUT2D eigenvalue weighted by Crippen LogP contribution is -2.27. The fraction of sp³-hybridized carbons (Fsp3) is 0.455. The Morgan fingerprint density at radius 3 is 2.80 bits per heavy atom. The summed E-state index contributed by atoms with van der Waals surface area (Å²) in [6, 6.07) is 1.57. The van der Waals surface area contributed by atoms with Crippen LogP contribution in [0.15, 0.2) is 18.5 Å². The van der Waals surface area contributed by atoms with E-state index in [9.17, 15) is 4.79 Å². The van der Waals surface area contributed by atoms with Gasteiger partial charge >= 0.3 is 5.97 Å². The highest BCUT2D eigenvalue weighted by atomic mass is 16.5. The summed E-state index contributed by atoms with van der Waals surface area (Å²) in [6.45, 7) is 5.82. The van der Waals surface area contributed by atoms with Crippen LogP contribution in [0, 0.1) is 0 Å². The number of carboxylic acid groups (broad SMARTS) is 1. The minimum atomic E-state index is -1.02. The molecule has 1 aromatic rings. The standard InChI is InChI=1S/C11H15NO3/c1-4-11(2,3)15-9-5-6-12-7-8(9)10(13)14/h5-7H,4H2,1-3H3,(H,13,14). The molecule has 0 bridgehead atoms. The van der Waals surface area contributed by atoms with Crippen LogP contribution in [0.2, 0.25) is 0 Å². The van der Waals surface area contributed by atoms with E-state index >= 15 is 0 Å². The molecule has 1 heterocycles. The van der Waals surface area contributed by atoms with Crippen LogP contribution in [-0.4, -0.2) is 21.7 Å². The molecule has 0 radical (unpaired) electrons. The van der Waals surface area contributed by atoms with Crippen molar-refractivity contribution in [3.8, 4) is 5.75 Å². The Morgan fingerprint density at radius 1 is 1.60 bits per heavy atom. The predicted molar refractivity (Wildman–Crippen MR) is 56.2 cm³/mol. The monoisotopic (exact) mass is 209 g/mol. The van der Waals surface area contributed by atoms with E-state index in [4.69, 9.17) is 9.84 Å². The van der Waals surface area contributed by atoms with Gasteiger partial charge in [-0.15, -0.1) is 0 Å². The smallest absolute Gasteiger partial charge is 0.341 e. The van der Waals surface area contributed by atoms with Crippen LogP contribution in [0.25, 0.3) is 0 Å². The Labute approximate surface area is 88.9 Å². The van der Waals surface area contributed by atoms with Gasteiger partial charge in [0.1, 0.15) is 16.9 Å². The molecular weight excluding hydrogens is 194 g/mol. The van der Waals surface area contributed by atoms with Gasteiger partial charge in [0.15, 0.2) is 0 Å². The summed E-state index contributed by atoms with van der Waals surface area (Å²) >= 11 is 0. The average molecular weight is 209 g/mol. The largest absolute Gasteiger partial charge is 0.487 e. The summed E-state index contributed by atoms with van der Waals surface area (Å²) < 4.78 is 5.62. The molecule has 0 saturated heterocycles. The average Bonchev–Trinajstić information content (AvgIpc) is 2.18. The number of rotatable bonds is 4. The molecule has 0 amide bonds. The number of aromatic nitrogens is 1. The van der Waals surface area contributed by atoms with Crippen LogP contribution in [0.3, 0.4) is 0 Å². The maximum atomic E-state index is 10.9. The molecular formula is C11H15NO3. The minimum Gasteiger partial charge on any atom is -0.487 e. The van der Waals surface area contributed by atoms with Crippen molar-refractivity contribution < 1.29 is 14.6 Å². The molecule has 0 aromatic carbocycles. The van der Waals surface area contributed by atoms with E-state index in [0.717, 1.165) is 6.42 Å². The van der Waals surface area contributed by atoms with Crippen molar-refractivity contribution in [2.75, 3.05) is 0 Å². The third-order valence-electron chi connectivity index (χ3n) is 2.25. The van der Waals surface area contributed by atoms with Crippen LogP contribution in [0.5, 0.6) is 5.75 Å². The summed E-state index contributed by atoms with van der Waals surface area (Å²) in [5, 5.41) is 8.92. The van der Waals surface area contributed by atoms with E-state index < -0.39 is 5.97 Å². The lowest BCUT2D eigenvalue weighted by molar-refractivity contribution is 0.0671. The van der Waals surface area contributed by atoms with Gasteiger partial charge in [-0.25, -0.2) is 4.79 Å². The number of carboxylic acids is 1. The Morgan fingerprint density at radius 2 is 2.27 bits per heavy atom. The van der Waals surface area contributed by atoms with Crippen molar-refractivity contribution in [1.29, 1.82) is 0 Å². The first-order chi connectivity index (χ1) is 6.96. The van der Waals surface area contributed by atoms with Crippen LogP contribution >= 0.6 is 0 Å². The van der Waals surface area contributed by atoms with Crippen molar-refractivity contribution >= 4 is 5.97 Å². The van der Waals surface area contributed by atoms with E-state index in [2.05, 4.69) is 4.98 Å². The molecule has 15 heavy (non-hydrogen) atoms. The molecule has 0 aliphatic rings. The Kier molecular flexibility index (Phi) is 3.29. The van der Waals surface area contributed by atoms with Crippen LogP contribution in [-0.2, 0) is 0 Å². The summed E-state index contributed by atoms with van der Waals surface area (Å²) in [5.41, 5.74) is -0.273. The fourth-order valence-electron chi connectivity index (χ4n) is 1.00. The molecule has 1 rings (SSSR count). The minimum absolute atomic E-state index is 0.0963. The van der Waals surface area contributed by atoms with Gasteiger partial charge in [-0.3, -0.25) is 4.98 Å². The maximum Gasteiger partial charge on any atom is 0.341 e. The van der Waals surface area contributed by atoms with Crippen molar-refractivity contribution in [1.82, 2.24) is 4.98 Å². The second kappa shape index (κ2) is 4.29. The van der Waals surface area contributed by atoms with Gasteiger partial charge in [-0.2, -0.15) is 0 Å². The molecule has 0 saturated carbocycles. The first-order valence-electron chi connectivity index (χ1n) is 4.82. The molecule has 4 nitrogen and oxygen atoms in total. The number of hydrogen-bond acceptors (Lipinski definition) is 3. The van der Waals surface area contributed by atoms with Crippen molar-refractivity contribution in [3.63, 3.8) is 0 Å². The normalized spacial score (nSPS) is 11.1. The van der Waals surface area contributed by atoms with E-state index in [1.54, 1.807) is 6.07 Å². The molecule has 82 valence electrons. The SMILES string of the molecule is CCC(C)(C)Oc1ccncc1C(=O)O. The summed E-state index contributed by atoms with van der Waals surface area (Å²) in [6.07, 6.45) is 3.62. The van der Waals surface area contributed by atoms with Gasteiger partial charge < -0.3 is 9.84 Å². The predicted octanol–water partition coefficient (Wildman–Crippen LogP) is 2.35. The fourth-order valence-corrected chi connectivity index (χ4v) is 1.00. The molecule has 0 atom stereocenters. The molecule has 0 fully saturated rings. The van der Waals surface area contributed by atoms with Gasteiger partial charge in [0.2, 0.25) is 0 Å². The van der Waals surface area contributed by atoms with Crippen molar-refractivity contribution in [2.24, 2.45) is 0 Å². The summed E-state index contributed by atoms with van der Waals surface area (Å²) in [4.78, 5) is 14.6. The second-order valence-corrected chi connectivity index (χ2v) is 3.89. The van der Waals surface area contributed by atoms with Gasteiger partial charge in [0.25, 0.3) is 0 Å². The highest BCUT2D eigenvalue weighted by Gasteiger charge is 2.20. The Hall–Kier alpha value is -1.58. The zero-order valence-electron chi connectivity index (χ0n) is 9.15. The number of nitrogens with zero attached hydrogens (tertiary/aromatic N) is 1. The quantitative estimate of drug-likeness (QED) is 0.826. The zero-order chi connectivity index (χ0) is 11.5. The Bertz CT molecular complexity index is 361. The number of carbonyl (C=O) groups is 1. The summed E-state index contributed by atoms with van der Waals surface area (Å²) in [7, 11) is 0. The lowest BCUT2D eigenvalue weighted by atomic mass is 10.1. The molecule has 1 aromatic heterocycles. The number of hydrogen-bond donors (Lipinski definition) is 1. The third-order valence-corrected chi connectivity index (χ3v) is 2.25. The zero-order valence-corrected chi connectivity index (χ0v) is 9.15. The topological polar surface area (TPSA) is 59.4 Å². The van der Waals surface area contributed by atoms with Crippen LogP contribution in [0.4, 0.5) is 0 Å². The molecule has 1 N–H and O–H groups in total. The second-order valence-electron chi connectivity index (χ2n) is 3.89. The molecule has 4 heteroatoms. The maximum absolute atomic E-state index is 10.9. The van der Waals surface area contributed by atoms with E-state index in [1.807, 2.05) is 20.8 Å². The number of aromatic carboxylic acids is 1. The molecule has 0 spiro atoms. The van der Waals surface area contributed by atoms with E-state index in [0.29, 0.717) is 5.75 Å². The first-order valence-corrected chi connectivity index (χ1v) is 4.82. The Balaban J connectivity index is 2.99.